The standard InChI is InChI=1S/C15H10BrNO3/c1-8-5-6-9(16)7-11(8)14-17-13-10(15(18)19)3-2-4-12(13)20-14/h2-7H,1H3,(H,18,19). The average Bonchev–Trinajstić information content (AvgIpc) is 2.84. The van der Waals surface area contributed by atoms with E-state index in [1.54, 1.807) is 12.1 Å². The van der Waals surface area contributed by atoms with Crippen LogP contribution < -0.4 is 0 Å². The lowest BCUT2D eigenvalue weighted by Crippen LogP contribution is -1.96. The van der Waals surface area contributed by atoms with Crippen molar-refractivity contribution >= 4 is 33.0 Å². The van der Waals surface area contributed by atoms with Gasteiger partial charge in [-0.2, -0.15) is 0 Å². The summed E-state index contributed by atoms with van der Waals surface area (Å²) in [7, 11) is 0. The van der Waals surface area contributed by atoms with Gasteiger partial charge in [0.15, 0.2) is 5.58 Å². The zero-order valence-corrected chi connectivity index (χ0v) is 12.1. The molecular formula is C15H10BrNO3. The van der Waals surface area contributed by atoms with E-state index in [9.17, 15) is 9.90 Å². The summed E-state index contributed by atoms with van der Waals surface area (Å²) in [4.78, 5) is 15.5. The predicted molar refractivity (Wildman–Crippen MR) is 78.8 cm³/mol. The molecule has 0 radical (unpaired) electrons. The van der Waals surface area contributed by atoms with E-state index in [-0.39, 0.29) is 5.56 Å². The van der Waals surface area contributed by atoms with Gasteiger partial charge in [-0.3, -0.25) is 0 Å². The third kappa shape index (κ3) is 2.10. The molecule has 0 aliphatic carbocycles. The molecule has 0 unspecified atom stereocenters. The van der Waals surface area contributed by atoms with E-state index < -0.39 is 5.97 Å². The lowest BCUT2D eigenvalue weighted by atomic mass is 10.1. The highest BCUT2D eigenvalue weighted by Crippen LogP contribution is 2.30. The molecule has 0 atom stereocenters. The molecule has 0 saturated carbocycles. The average molecular weight is 332 g/mol. The van der Waals surface area contributed by atoms with E-state index in [1.165, 1.54) is 6.07 Å². The third-order valence-electron chi connectivity index (χ3n) is 3.08. The minimum absolute atomic E-state index is 0.144. The van der Waals surface area contributed by atoms with Gasteiger partial charge in [-0.05, 0) is 36.8 Å². The predicted octanol–water partition coefficient (Wildman–Crippen LogP) is 4.26. The Bertz CT molecular complexity index is 823. The molecule has 4 nitrogen and oxygen atoms in total. The Hall–Kier alpha value is -2.14. The monoisotopic (exact) mass is 331 g/mol. The van der Waals surface area contributed by atoms with Gasteiger partial charge in [0.2, 0.25) is 5.89 Å². The molecule has 0 amide bonds. The molecular weight excluding hydrogens is 322 g/mol. The topological polar surface area (TPSA) is 63.3 Å². The van der Waals surface area contributed by atoms with Crippen molar-refractivity contribution < 1.29 is 14.3 Å². The van der Waals surface area contributed by atoms with E-state index in [4.69, 9.17) is 4.42 Å². The second kappa shape index (κ2) is 4.76. The number of aromatic nitrogens is 1. The van der Waals surface area contributed by atoms with Crippen LogP contribution >= 0.6 is 15.9 Å². The van der Waals surface area contributed by atoms with Crippen LogP contribution in [0.4, 0.5) is 0 Å². The van der Waals surface area contributed by atoms with E-state index in [0.717, 1.165) is 15.6 Å². The molecule has 2 aromatic carbocycles. The van der Waals surface area contributed by atoms with Crippen LogP contribution in [0.3, 0.4) is 0 Å². The molecule has 100 valence electrons. The number of fused-ring (bicyclic) bond motifs is 1. The van der Waals surface area contributed by atoms with Crippen molar-refractivity contribution in [3.05, 3.63) is 52.0 Å². The number of carboxylic acid groups (broad SMARTS) is 1. The molecule has 0 fully saturated rings. The summed E-state index contributed by atoms with van der Waals surface area (Å²) in [5, 5.41) is 9.17. The van der Waals surface area contributed by atoms with E-state index >= 15 is 0 Å². The number of para-hydroxylation sites is 1. The first-order valence-corrected chi connectivity index (χ1v) is 6.75. The van der Waals surface area contributed by atoms with Gasteiger partial charge in [-0.15, -0.1) is 0 Å². The van der Waals surface area contributed by atoms with Gasteiger partial charge in [0.25, 0.3) is 0 Å². The first kappa shape index (κ1) is 12.9. The minimum Gasteiger partial charge on any atom is -0.478 e. The summed E-state index contributed by atoms with van der Waals surface area (Å²) >= 11 is 3.41. The highest BCUT2D eigenvalue weighted by atomic mass is 79.9. The summed E-state index contributed by atoms with van der Waals surface area (Å²) in [6.45, 7) is 1.95. The Labute approximate surface area is 123 Å². The van der Waals surface area contributed by atoms with Gasteiger partial charge in [-0.1, -0.05) is 28.1 Å². The molecule has 0 aliphatic rings. The fourth-order valence-electron chi connectivity index (χ4n) is 2.06. The number of carbonyl (C=O) groups is 1. The van der Waals surface area contributed by atoms with Crippen LogP contribution in [0, 0.1) is 6.92 Å². The zero-order chi connectivity index (χ0) is 14.3. The fourth-order valence-corrected chi connectivity index (χ4v) is 2.42. The van der Waals surface area contributed by atoms with Crippen molar-refractivity contribution in [2.45, 2.75) is 6.92 Å². The molecule has 0 saturated heterocycles. The maximum atomic E-state index is 11.2. The lowest BCUT2D eigenvalue weighted by molar-refractivity contribution is 0.0699. The second-order valence-corrected chi connectivity index (χ2v) is 5.35. The van der Waals surface area contributed by atoms with Crippen LogP contribution in [0.25, 0.3) is 22.6 Å². The van der Waals surface area contributed by atoms with Crippen molar-refractivity contribution in [3.8, 4) is 11.5 Å². The van der Waals surface area contributed by atoms with Gasteiger partial charge >= 0.3 is 5.97 Å². The highest BCUT2D eigenvalue weighted by molar-refractivity contribution is 9.10. The first-order chi connectivity index (χ1) is 9.56. The second-order valence-electron chi connectivity index (χ2n) is 4.44. The van der Waals surface area contributed by atoms with Crippen LogP contribution in [-0.2, 0) is 0 Å². The van der Waals surface area contributed by atoms with E-state index in [0.29, 0.717) is 17.0 Å². The third-order valence-corrected chi connectivity index (χ3v) is 3.57. The number of carboxylic acids is 1. The van der Waals surface area contributed by atoms with Crippen LogP contribution in [0.15, 0.2) is 45.3 Å². The largest absolute Gasteiger partial charge is 0.478 e. The Morgan fingerprint density at radius 1 is 1.30 bits per heavy atom. The fraction of sp³-hybridized carbons (Fsp3) is 0.0667. The maximum absolute atomic E-state index is 11.2. The number of aryl methyl sites for hydroxylation is 1. The van der Waals surface area contributed by atoms with Crippen LogP contribution in [0.5, 0.6) is 0 Å². The summed E-state index contributed by atoms with van der Waals surface area (Å²) in [5.74, 6) is -0.589. The van der Waals surface area contributed by atoms with E-state index in [1.807, 2.05) is 25.1 Å². The van der Waals surface area contributed by atoms with Crippen molar-refractivity contribution in [3.63, 3.8) is 0 Å². The van der Waals surface area contributed by atoms with Crippen molar-refractivity contribution in [1.29, 1.82) is 0 Å². The molecule has 1 N–H and O–H groups in total. The molecule has 0 spiro atoms. The van der Waals surface area contributed by atoms with Gasteiger partial charge in [0, 0.05) is 10.0 Å². The van der Waals surface area contributed by atoms with Crippen molar-refractivity contribution in [2.75, 3.05) is 0 Å². The molecule has 3 aromatic rings. The summed E-state index contributed by atoms with van der Waals surface area (Å²) in [6.07, 6.45) is 0. The Morgan fingerprint density at radius 2 is 2.10 bits per heavy atom. The number of oxazole rings is 1. The van der Waals surface area contributed by atoms with E-state index in [2.05, 4.69) is 20.9 Å². The Kier molecular flexibility index (Phi) is 3.06. The van der Waals surface area contributed by atoms with Gasteiger partial charge in [0.05, 0.1) is 5.56 Å². The molecule has 1 heterocycles. The van der Waals surface area contributed by atoms with Crippen molar-refractivity contribution in [2.24, 2.45) is 0 Å². The number of benzene rings is 2. The zero-order valence-electron chi connectivity index (χ0n) is 10.6. The SMILES string of the molecule is Cc1ccc(Br)cc1-c1nc2c(C(=O)O)cccc2o1. The first-order valence-electron chi connectivity index (χ1n) is 5.95. The Balaban J connectivity index is 2.26. The molecule has 0 bridgehead atoms. The maximum Gasteiger partial charge on any atom is 0.338 e. The lowest BCUT2D eigenvalue weighted by Gasteiger charge is -2.01. The Morgan fingerprint density at radius 3 is 2.85 bits per heavy atom. The molecule has 1 aromatic heterocycles. The van der Waals surface area contributed by atoms with Crippen molar-refractivity contribution in [1.82, 2.24) is 4.98 Å². The number of hydrogen-bond donors (Lipinski definition) is 1. The number of aromatic carboxylic acids is 1. The number of rotatable bonds is 2. The van der Waals surface area contributed by atoms with Crippen LogP contribution in [-0.4, -0.2) is 16.1 Å². The molecule has 3 rings (SSSR count). The minimum atomic E-state index is -1.01. The summed E-state index contributed by atoms with van der Waals surface area (Å²) in [5.41, 5.74) is 2.84. The number of nitrogens with zero attached hydrogens (tertiary/aromatic N) is 1. The normalized spacial score (nSPS) is 10.9. The van der Waals surface area contributed by atoms with Crippen LogP contribution in [0.2, 0.25) is 0 Å². The number of hydrogen-bond acceptors (Lipinski definition) is 3. The number of halogens is 1. The molecule has 20 heavy (non-hydrogen) atoms. The molecule has 0 aliphatic heterocycles. The smallest absolute Gasteiger partial charge is 0.338 e. The van der Waals surface area contributed by atoms with Crippen LogP contribution in [0.1, 0.15) is 15.9 Å². The summed E-state index contributed by atoms with van der Waals surface area (Å²) in [6, 6.07) is 10.7. The van der Waals surface area contributed by atoms with Gasteiger partial charge in [-0.25, -0.2) is 9.78 Å². The summed E-state index contributed by atoms with van der Waals surface area (Å²) < 4.78 is 6.60. The quantitative estimate of drug-likeness (QED) is 0.761. The van der Waals surface area contributed by atoms with Gasteiger partial charge < -0.3 is 9.52 Å². The van der Waals surface area contributed by atoms with Gasteiger partial charge in [0.1, 0.15) is 5.52 Å². The molecule has 5 heteroatoms. The highest BCUT2D eigenvalue weighted by Gasteiger charge is 2.16.